The Morgan fingerprint density at radius 2 is 1.47 bits per heavy atom. The molecule has 32 heavy (non-hydrogen) atoms. The van der Waals surface area contributed by atoms with Crippen LogP contribution in [-0.4, -0.2) is 9.55 Å². The normalized spacial score (nSPS) is 12.2. The van der Waals surface area contributed by atoms with Crippen LogP contribution in [0.15, 0.2) is 54.6 Å². The maximum absolute atomic E-state index is 5.27. The van der Waals surface area contributed by atoms with Crippen LogP contribution in [0.25, 0.3) is 43.2 Å². The third kappa shape index (κ3) is 3.08. The van der Waals surface area contributed by atoms with Crippen LogP contribution >= 0.6 is 11.3 Å². The van der Waals surface area contributed by atoms with Gasteiger partial charge in [0.2, 0.25) is 0 Å². The van der Waals surface area contributed by atoms with Gasteiger partial charge in [-0.1, -0.05) is 36.4 Å². The van der Waals surface area contributed by atoms with Crippen molar-refractivity contribution in [2.24, 2.45) is 7.05 Å². The summed E-state index contributed by atoms with van der Waals surface area (Å²) >= 11 is 1.79. The number of rotatable bonds is 2. The third-order valence-corrected chi connectivity index (χ3v) is 7.41. The molecule has 0 amide bonds. The van der Waals surface area contributed by atoms with Crippen LogP contribution in [0.4, 0.5) is 0 Å². The lowest BCUT2D eigenvalue weighted by Crippen LogP contribution is -2.33. The smallest absolute Gasteiger partial charge is 0.235 e. The van der Waals surface area contributed by atoms with Crippen molar-refractivity contribution in [3.63, 3.8) is 0 Å². The van der Waals surface area contributed by atoms with Crippen molar-refractivity contribution in [1.29, 1.82) is 0 Å². The topological polar surface area (TPSA) is 21.7 Å². The quantitative estimate of drug-likeness (QED) is 0.269. The first kappa shape index (κ1) is 20.9. The minimum Gasteiger partial charge on any atom is -0.235 e. The summed E-state index contributed by atoms with van der Waals surface area (Å²) in [6, 6.07) is 19.6. The summed E-state index contributed by atoms with van der Waals surface area (Å²) in [5.41, 5.74) is 9.79. The summed E-state index contributed by atoms with van der Waals surface area (Å²) in [7, 11) is 2.18. The zero-order valence-corrected chi connectivity index (χ0v) is 20.8. The number of para-hydroxylation sites is 2. The Labute approximate surface area is 194 Å². The van der Waals surface area contributed by atoms with Gasteiger partial charge in [0, 0.05) is 5.56 Å². The van der Waals surface area contributed by atoms with Crippen LogP contribution in [0.5, 0.6) is 0 Å². The lowest BCUT2D eigenvalue weighted by atomic mass is 10.0. The molecule has 0 bridgehead atoms. The van der Waals surface area contributed by atoms with E-state index in [9.17, 15) is 0 Å². The first-order chi connectivity index (χ1) is 15.2. The maximum atomic E-state index is 5.27. The molecule has 0 unspecified atom stereocenters. The third-order valence-electron chi connectivity index (χ3n) is 6.37. The van der Waals surface area contributed by atoms with Crippen LogP contribution < -0.4 is 4.57 Å². The van der Waals surface area contributed by atoms with Crippen molar-refractivity contribution in [3.05, 3.63) is 71.3 Å². The first-order valence-corrected chi connectivity index (χ1v) is 12.0. The van der Waals surface area contributed by atoms with Crippen LogP contribution in [0.3, 0.4) is 0 Å². The SMILES string of the molecule is Cc1cccc(C)c1-c1nc2c(-c3n(C(C)(C)C)c4ccccc4[n+]3C)c(C)ccc2s1. The molecule has 4 heteroatoms. The monoisotopic (exact) mass is 440 g/mol. The van der Waals surface area contributed by atoms with Crippen molar-refractivity contribution in [3.8, 4) is 22.0 Å². The second kappa shape index (κ2) is 7.28. The molecule has 2 aromatic heterocycles. The maximum Gasteiger partial charge on any atom is 0.292 e. The van der Waals surface area contributed by atoms with Gasteiger partial charge in [-0.05, 0) is 76.4 Å². The van der Waals surface area contributed by atoms with E-state index in [2.05, 4.69) is 112 Å². The van der Waals surface area contributed by atoms with Crippen molar-refractivity contribution in [2.45, 2.75) is 47.1 Å². The molecule has 162 valence electrons. The summed E-state index contributed by atoms with van der Waals surface area (Å²) in [5.74, 6) is 1.21. The van der Waals surface area contributed by atoms with Crippen LogP contribution in [0, 0.1) is 20.8 Å². The number of imidazole rings is 1. The highest BCUT2D eigenvalue weighted by Crippen LogP contribution is 2.40. The Morgan fingerprint density at radius 1 is 0.812 bits per heavy atom. The Kier molecular flexibility index (Phi) is 4.75. The second-order valence-corrected chi connectivity index (χ2v) is 10.8. The van der Waals surface area contributed by atoms with Crippen LogP contribution in [0.2, 0.25) is 0 Å². The summed E-state index contributed by atoms with van der Waals surface area (Å²) < 4.78 is 6.04. The average Bonchev–Trinajstić information content (AvgIpc) is 3.27. The van der Waals surface area contributed by atoms with E-state index in [4.69, 9.17) is 4.98 Å². The lowest BCUT2D eigenvalue weighted by molar-refractivity contribution is -0.634. The van der Waals surface area contributed by atoms with Gasteiger partial charge < -0.3 is 0 Å². The average molecular weight is 441 g/mol. The molecular formula is C28H30N3S+. The molecule has 0 radical (unpaired) electrons. The Bertz CT molecular complexity index is 1470. The molecule has 0 aliphatic rings. The molecule has 0 spiro atoms. The summed E-state index contributed by atoms with van der Waals surface area (Å²) in [6.07, 6.45) is 0. The number of aryl methyl sites for hydroxylation is 4. The fourth-order valence-electron chi connectivity index (χ4n) is 4.91. The summed E-state index contributed by atoms with van der Waals surface area (Å²) in [4.78, 5) is 5.27. The van der Waals surface area contributed by atoms with Crippen molar-refractivity contribution in [1.82, 2.24) is 9.55 Å². The summed E-state index contributed by atoms with van der Waals surface area (Å²) in [6.45, 7) is 13.4. The van der Waals surface area contributed by atoms with Crippen molar-refractivity contribution >= 4 is 32.6 Å². The first-order valence-electron chi connectivity index (χ1n) is 11.2. The fourth-order valence-corrected chi connectivity index (χ4v) is 6.06. The molecule has 0 fully saturated rings. The van der Waals surface area contributed by atoms with Gasteiger partial charge in [0.05, 0.1) is 22.8 Å². The number of thiazole rings is 1. The van der Waals surface area contributed by atoms with E-state index < -0.39 is 0 Å². The molecule has 0 N–H and O–H groups in total. The van der Waals surface area contributed by atoms with E-state index >= 15 is 0 Å². The van der Waals surface area contributed by atoms with E-state index in [-0.39, 0.29) is 5.54 Å². The van der Waals surface area contributed by atoms with Crippen molar-refractivity contribution in [2.75, 3.05) is 0 Å². The molecule has 0 atom stereocenters. The second-order valence-electron chi connectivity index (χ2n) is 9.77. The molecule has 0 aliphatic heterocycles. The van der Waals surface area contributed by atoms with Gasteiger partial charge in [0.1, 0.15) is 10.5 Å². The minimum atomic E-state index is -0.0732. The van der Waals surface area contributed by atoms with Gasteiger partial charge in [-0.3, -0.25) is 0 Å². The van der Waals surface area contributed by atoms with Crippen LogP contribution in [-0.2, 0) is 12.6 Å². The van der Waals surface area contributed by atoms with E-state index in [1.165, 1.54) is 49.4 Å². The van der Waals surface area contributed by atoms with Gasteiger partial charge >= 0.3 is 0 Å². The lowest BCUT2D eigenvalue weighted by Gasteiger charge is -2.19. The molecule has 5 rings (SSSR count). The molecule has 5 aromatic rings. The Balaban J connectivity index is 1.89. The molecule has 0 saturated carbocycles. The van der Waals surface area contributed by atoms with Crippen molar-refractivity contribution < 1.29 is 4.57 Å². The Morgan fingerprint density at radius 3 is 2.16 bits per heavy atom. The zero-order chi connectivity index (χ0) is 22.8. The number of fused-ring (bicyclic) bond motifs is 2. The van der Waals surface area contributed by atoms with Gasteiger partial charge in [-0.2, -0.15) is 0 Å². The fraction of sp³-hybridized carbons (Fsp3) is 0.286. The van der Waals surface area contributed by atoms with E-state index in [1.54, 1.807) is 11.3 Å². The molecule has 3 nitrogen and oxygen atoms in total. The predicted octanol–water partition coefficient (Wildman–Crippen LogP) is 7.09. The predicted molar refractivity (Wildman–Crippen MR) is 136 cm³/mol. The zero-order valence-electron chi connectivity index (χ0n) is 19.9. The molecule has 2 heterocycles. The number of nitrogens with zero attached hydrogens (tertiary/aromatic N) is 3. The largest absolute Gasteiger partial charge is 0.292 e. The number of benzene rings is 3. The molecule has 3 aromatic carbocycles. The standard InChI is InChI=1S/C28H30N3S/c1-17-11-10-12-18(2)23(17)26-29-25-22(32-26)16-15-19(3)24(25)27-30(7)20-13-8-9-14-21(20)31(27)28(4,5)6/h8-16H,1-7H3/q+1. The highest BCUT2D eigenvalue weighted by atomic mass is 32.1. The van der Waals surface area contributed by atoms with Gasteiger partial charge in [-0.25, -0.2) is 14.1 Å². The van der Waals surface area contributed by atoms with E-state index in [1.807, 2.05) is 0 Å². The molecule has 0 saturated heterocycles. The summed E-state index contributed by atoms with van der Waals surface area (Å²) in [5, 5.41) is 1.10. The highest BCUT2D eigenvalue weighted by molar-refractivity contribution is 7.21. The van der Waals surface area contributed by atoms with Crippen LogP contribution in [0.1, 0.15) is 37.5 Å². The van der Waals surface area contributed by atoms with Gasteiger partial charge in [0.25, 0.3) is 5.82 Å². The van der Waals surface area contributed by atoms with E-state index in [0.717, 1.165) is 10.5 Å². The minimum absolute atomic E-state index is 0.0732. The molecular weight excluding hydrogens is 410 g/mol. The molecule has 0 aliphatic carbocycles. The van der Waals surface area contributed by atoms with E-state index in [0.29, 0.717) is 0 Å². The highest BCUT2D eigenvalue weighted by Gasteiger charge is 2.34. The Hall–Kier alpha value is -2.98. The van der Waals surface area contributed by atoms with Gasteiger partial charge in [0.15, 0.2) is 11.0 Å². The van der Waals surface area contributed by atoms with Gasteiger partial charge in [-0.15, -0.1) is 11.3 Å². The number of hydrogen-bond donors (Lipinski definition) is 0. The number of aromatic nitrogens is 3. The number of hydrogen-bond acceptors (Lipinski definition) is 2.